The van der Waals surface area contributed by atoms with Crippen molar-refractivity contribution in [3.63, 3.8) is 0 Å². The molecule has 0 bridgehead atoms. The molecular weight excluding hydrogens is 246 g/mol. The predicted octanol–water partition coefficient (Wildman–Crippen LogP) is 1.51. The molecule has 2 atom stereocenters. The Bertz CT molecular complexity index is 338. The molecule has 1 saturated heterocycles. The van der Waals surface area contributed by atoms with Gasteiger partial charge in [-0.25, -0.2) is 0 Å². The van der Waals surface area contributed by atoms with Gasteiger partial charge in [-0.2, -0.15) is 0 Å². The van der Waals surface area contributed by atoms with Crippen LogP contribution in [0.15, 0.2) is 0 Å². The van der Waals surface area contributed by atoms with Gasteiger partial charge in [-0.05, 0) is 25.7 Å². The third kappa shape index (κ3) is 3.26. The second-order valence-corrected chi connectivity index (χ2v) is 5.58. The van der Waals surface area contributed by atoms with Crippen LogP contribution in [0.3, 0.4) is 0 Å². The summed E-state index contributed by atoms with van der Waals surface area (Å²) in [6.07, 6.45) is 5.26. The Kier molecular flexibility index (Phi) is 4.80. The predicted molar refractivity (Wildman–Crippen MR) is 69.7 cm³/mol. The number of aliphatic carboxylic acids is 1. The van der Waals surface area contributed by atoms with E-state index in [9.17, 15) is 14.7 Å². The molecule has 2 unspecified atom stereocenters. The van der Waals surface area contributed by atoms with Crippen LogP contribution in [0.25, 0.3) is 0 Å². The van der Waals surface area contributed by atoms with Crippen LogP contribution < -0.4 is 0 Å². The molecule has 0 radical (unpaired) electrons. The molecule has 1 aliphatic heterocycles. The van der Waals surface area contributed by atoms with Crippen molar-refractivity contribution < 1.29 is 19.4 Å². The highest BCUT2D eigenvalue weighted by Gasteiger charge is 2.39. The summed E-state index contributed by atoms with van der Waals surface area (Å²) in [5.41, 5.74) is 0. The van der Waals surface area contributed by atoms with E-state index in [0.717, 1.165) is 12.8 Å². The third-order valence-electron chi connectivity index (χ3n) is 4.37. The van der Waals surface area contributed by atoms with Gasteiger partial charge in [-0.15, -0.1) is 0 Å². The van der Waals surface area contributed by atoms with E-state index in [-0.39, 0.29) is 18.6 Å². The standard InChI is InChI=1S/C14H23NO4/c1-2-15(12-9-19-8-11(12)14(17)18)13(16)7-10-5-3-4-6-10/h10-12H,2-9H2,1H3,(H,17,18). The Hall–Kier alpha value is -1.10. The van der Waals surface area contributed by atoms with Crippen molar-refractivity contribution in [2.45, 2.75) is 45.1 Å². The smallest absolute Gasteiger partial charge is 0.311 e. The van der Waals surface area contributed by atoms with E-state index >= 15 is 0 Å². The van der Waals surface area contributed by atoms with Crippen molar-refractivity contribution in [3.8, 4) is 0 Å². The molecule has 108 valence electrons. The monoisotopic (exact) mass is 269 g/mol. The first kappa shape index (κ1) is 14.3. The van der Waals surface area contributed by atoms with Crippen LogP contribution in [-0.2, 0) is 14.3 Å². The van der Waals surface area contributed by atoms with Crippen LogP contribution >= 0.6 is 0 Å². The van der Waals surface area contributed by atoms with Crippen LogP contribution in [-0.4, -0.2) is 47.7 Å². The van der Waals surface area contributed by atoms with Crippen LogP contribution in [0.4, 0.5) is 0 Å². The number of amides is 1. The number of hydrogen-bond donors (Lipinski definition) is 1. The minimum atomic E-state index is -0.866. The van der Waals surface area contributed by atoms with Gasteiger partial charge < -0.3 is 14.7 Å². The molecular formula is C14H23NO4. The highest BCUT2D eigenvalue weighted by Crippen LogP contribution is 2.29. The van der Waals surface area contributed by atoms with Gasteiger partial charge in [0.15, 0.2) is 0 Å². The van der Waals surface area contributed by atoms with Crippen LogP contribution in [0.5, 0.6) is 0 Å². The molecule has 5 heteroatoms. The fourth-order valence-electron chi connectivity index (χ4n) is 3.26. The fourth-order valence-corrected chi connectivity index (χ4v) is 3.26. The molecule has 1 N–H and O–H groups in total. The molecule has 2 rings (SSSR count). The number of carbonyl (C=O) groups excluding carboxylic acids is 1. The van der Waals surface area contributed by atoms with Gasteiger partial charge >= 0.3 is 5.97 Å². The molecule has 1 saturated carbocycles. The maximum Gasteiger partial charge on any atom is 0.311 e. The van der Waals surface area contributed by atoms with E-state index in [0.29, 0.717) is 25.5 Å². The highest BCUT2D eigenvalue weighted by molar-refractivity contribution is 5.79. The summed E-state index contributed by atoms with van der Waals surface area (Å²) in [4.78, 5) is 25.3. The third-order valence-corrected chi connectivity index (χ3v) is 4.37. The van der Waals surface area contributed by atoms with Gasteiger partial charge in [0.2, 0.25) is 5.91 Å². The number of hydrogen-bond acceptors (Lipinski definition) is 3. The molecule has 2 aliphatic rings. The van der Waals surface area contributed by atoms with E-state index in [1.54, 1.807) is 4.90 Å². The Balaban J connectivity index is 1.97. The molecule has 19 heavy (non-hydrogen) atoms. The Morgan fingerprint density at radius 3 is 2.53 bits per heavy atom. The van der Waals surface area contributed by atoms with E-state index in [2.05, 4.69) is 0 Å². The molecule has 5 nitrogen and oxygen atoms in total. The quantitative estimate of drug-likeness (QED) is 0.821. The summed E-state index contributed by atoms with van der Waals surface area (Å²) in [7, 11) is 0. The van der Waals surface area contributed by atoms with Crippen molar-refractivity contribution in [1.82, 2.24) is 4.90 Å². The van der Waals surface area contributed by atoms with E-state index in [1.165, 1.54) is 12.8 Å². The molecule has 1 heterocycles. The zero-order chi connectivity index (χ0) is 13.8. The average Bonchev–Trinajstić information content (AvgIpc) is 3.00. The molecule has 1 aliphatic carbocycles. The first-order valence-corrected chi connectivity index (χ1v) is 7.23. The number of nitrogens with zero attached hydrogens (tertiary/aromatic N) is 1. The summed E-state index contributed by atoms with van der Waals surface area (Å²) in [6.45, 7) is 3.03. The zero-order valence-electron chi connectivity index (χ0n) is 11.5. The molecule has 2 fully saturated rings. The minimum absolute atomic E-state index is 0.0937. The molecule has 0 aromatic carbocycles. The number of likely N-dealkylation sites (N-methyl/N-ethyl adjacent to an activating group) is 1. The van der Waals surface area contributed by atoms with Gasteiger partial charge in [0.05, 0.1) is 19.3 Å². The van der Waals surface area contributed by atoms with Crippen LogP contribution in [0, 0.1) is 11.8 Å². The van der Waals surface area contributed by atoms with E-state index in [4.69, 9.17) is 4.74 Å². The number of carboxylic acid groups (broad SMARTS) is 1. The molecule has 0 aromatic rings. The molecule has 0 aromatic heterocycles. The number of ether oxygens (including phenoxy) is 1. The Labute approximate surface area is 113 Å². The van der Waals surface area contributed by atoms with Crippen molar-refractivity contribution in [1.29, 1.82) is 0 Å². The summed E-state index contributed by atoms with van der Waals surface area (Å²) in [5, 5.41) is 9.18. The average molecular weight is 269 g/mol. The highest BCUT2D eigenvalue weighted by atomic mass is 16.5. The second-order valence-electron chi connectivity index (χ2n) is 5.58. The number of carbonyl (C=O) groups is 2. The van der Waals surface area contributed by atoms with E-state index < -0.39 is 11.9 Å². The van der Waals surface area contributed by atoms with Crippen LogP contribution in [0.2, 0.25) is 0 Å². The normalized spacial score (nSPS) is 27.6. The van der Waals surface area contributed by atoms with Gasteiger partial charge in [0.1, 0.15) is 5.92 Å². The lowest BCUT2D eigenvalue weighted by Gasteiger charge is -2.30. The number of carboxylic acids is 1. The van der Waals surface area contributed by atoms with Crippen molar-refractivity contribution in [2.75, 3.05) is 19.8 Å². The van der Waals surface area contributed by atoms with Gasteiger partial charge in [0.25, 0.3) is 0 Å². The van der Waals surface area contributed by atoms with Crippen molar-refractivity contribution in [3.05, 3.63) is 0 Å². The minimum Gasteiger partial charge on any atom is -0.481 e. The number of rotatable bonds is 5. The lowest BCUT2D eigenvalue weighted by Crippen LogP contribution is -2.46. The summed E-state index contributed by atoms with van der Waals surface area (Å²) >= 11 is 0. The molecule has 1 amide bonds. The summed E-state index contributed by atoms with van der Waals surface area (Å²) < 4.78 is 5.26. The topological polar surface area (TPSA) is 66.8 Å². The summed E-state index contributed by atoms with van der Waals surface area (Å²) in [5.74, 6) is -0.856. The molecule has 0 spiro atoms. The summed E-state index contributed by atoms with van der Waals surface area (Å²) in [6, 6.07) is -0.295. The van der Waals surface area contributed by atoms with Crippen molar-refractivity contribution in [2.24, 2.45) is 11.8 Å². The SMILES string of the molecule is CCN(C(=O)CC1CCCC1)C1COCC1C(=O)O. The zero-order valence-corrected chi connectivity index (χ0v) is 11.5. The van der Waals surface area contributed by atoms with E-state index in [1.807, 2.05) is 6.92 Å². The van der Waals surface area contributed by atoms with Gasteiger partial charge in [-0.1, -0.05) is 12.8 Å². The Morgan fingerprint density at radius 2 is 1.95 bits per heavy atom. The lowest BCUT2D eigenvalue weighted by atomic mass is 9.99. The fraction of sp³-hybridized carbons (Fsp3) is 0.857. The maximum absolute atomic E-state index is 12.4. The first-order valence-electron chi connectivity index (χ1n) is 7.23. The Morgan fingerprint density at radius 1 is 1.26 bits per heavy atom. The largest absolute Gasteiger partial charge is 0.481 e. The lowest BCUT2D eigenvalue weighted by molar-refractivity contribution is -0.145. The van der Waals surface area contributed by atoms with Gasteiger partial charge in [0, 0.05) is 13.0 Å². The first-order chi connectivity index (χ1) is 9.13. The second kappa shape index (κ2) is 6.37. The van der Waals surface area contributed by atoms with Gasteiger partial charge in [-0.3, -0.25) is 9.59 Å². The van der Waals surface area contributed by atoms with Crippen LogP contribution in [0.1, 0.15) is 39.0 Å². The maximum atomic E-state index is 12.4. The van der Waals surface area contributed by atoms with Crippen molar-refractivity contribution >= 4 is 11.9 Å².